The van der Waals surface area contributed by atoms with E-state index in [1.165, 1.54) is 29.4 Å². The van der Waals surface area contributed by atoms with Crippen LogP contribution in [0.1, 0.15) is 43.9 Å². The number of fused-ring (bicyclic) bond motifs is 1. The molecule has 0 fully saturated rings. The Bertz CT molecular complexity index is 1560. The summed E-state index contributed by atoms with van der Waals surface area (Å²) in [6.45, 7) is 2.43. The quantitative estimate of drug-likeness (QED) is 0.407. The number of nitrogens with zero attached hydrogens (tertiary/aromatic N) is 4. The number of aromatic nitrogens is 3. The number of rotatable bonds is 3. The number of anilines is 1. The summed E-state index contributed by atoms with van der Waals surface area (Å²) in [4.78, 5) is 25.4. The van der Waals surface area contributed by atoms with Crippen LogP contribution < -0.4 is 5.32 Å². The third-order valence-corrected chi connectivity index (χ3v) is 5.62. The van der Waals surface area contributed by atoms with Gasteiger partial charge in [0.1, 0.15) is 0 Å². The van der Waals surface area contributed by atoms with E-state index in [0.29, 0.717) is 17.7 Å². The molecule has 0 spiro atoms. The molecule has 6 nitrogen and oxygen atoms in total. The number of halogens is 3. The Morgan fingerprint density at radius 1 is 1.11 bits per heavy atom. The number of pyridine rings is 1. The number of carbonyl (C=O) groups excluding carboxylic acids is 1. The van der Waals surface area contributed by atoms with Crippen LogP contribution in [-0.2, 0) is 12.7 Å². The number of benzene rings is 2. The van der Waals surface area contributed by atoms with Crippen LogP contribution in [0.4, 0.5) is 18.9 Å². The van der Waals surface area contributed by atoms with Gasteiger partial charge < -0.3 is 9.88 Å². The topological polar surface area (TPSA) is 72.2 Å². The van der Waals surface area contributed by atoms with Crippen molar-refractivity contribution in [3.8, 4) is 17.5 Å². The molecule has 0 bridgehead atoms. The molecule has 1 N–H and O–H groups in total. The first-order valence-electron chi connectivity index (χ1n) is 10.9. The summed E-state index contributed by atoms with van der Waals surface area (Å²) in [7, 11) is 0. The van der Waals surface area contributed by atoms with Crippen LogP contribution >= 0.6 is 0 Å². The van der Waals surface area contributed by atoms with Gasteiger partial charge in [-0.25, -0.2) is 4.98 Å². The fourth-order valence-electron chi connectivity index (χ4n) is 3.70. The first kappa shape index (κ1) is 23.1. The number of imidazole rings is 1. The number of alkyl halides is 3. The smallest absolute Gasteiger partial charge is 0.322 e. The summed E-state index contributed by atoms with van der Waals surface area (Å²) in [6.07, 6.45) is 3.22. The van der Waals surface area contributed by atoms with Crippen LogP contribution in [0.25, 0.3) is 5.69 Å². The molecule has 0 aliphatic carbocycles. The molecule has 3 heterocycles. The molecule has 178 valence electrons. The molecule has 2 aromatic heterocycles. The van der Waals surface area contributed by atoms with Crippen molar-refractivity contribution < 1.29 is 18.0 Å². The monoisotopic (exact) mass is 485 g/mol. The van der Waals surface area contributed by atoms with Crippen LogP contribution in [0.2, 0.25) is 0 Å². The van der Waals surface area contributed by atoms with Gasteiger partial charge in [0.2, 0.25) is 0 Å². The highest BCUT2D eigenvalue weighted by Crippen LogP contribution is 2.33. The fourth-order valence-corrected chi connectivity index (χ4v) is 3.70. The van der Waals surface area contributed by atoms with Gasteiger partial charge >= 0.3 is 6.18 Å². The van der Waals surface area contributed by atoms with Crippen molar-refractivity contribution in [2.75, 3.05) is 5.32 Å². The lowest BCUT2D eigenvalue weighted by Gasteiger charge is -2.14. The second kappa shape index (κ2) is 9.15. The summed E-state index contributed by atoms with van der Waals surface area (Å²) >= 11 is 0. The van der Waals surface area contributed by atoms with Crippen LogP contribution in [0.3, 0.4) is 0 Å². The van der Waals surface area contributed by atoms with Crippen LogP contribution in [0, 0.1) is 18.8 Å². The van der Waals surface area contributed by atoms with Gasteiger partial charge in [-0.3, -0.25) is 14.8 Å². The average Bonchev–Trinajstić information content (AvgIpc) is 3.55. The van der Waals surface area contributed by atoms with Gasteiger partial charge in [-0.15, -0.1) is 0 Å². The highest BCUT2D eigenvalue weighted by Gasteiger charge is 2.31. The van der Waals surface area contributed by atoms with Crippen molar-refractivity contribution in [1.82, 2.24) is 14.5 Å². The van der Waals surface area contributed by atoms with Crippen molar-refractivity contribution in [1.29, 1.82) is 0 Å². The number of hydrogen-bond acceptors (Lipinski definition) is 4. The summed E-state index contributed by atoms with van der Waals surface area (Å²) < 4.78 is 41.9. The number of aliphatic imine (C=N–C) groups is 1. The van der Waals surface area contributed by atoms with Crippen LogP contribution in [-0.4, -0.2) is 26.7 Å². The minimum atomic E-state index is -4.58. The molecular formula is C27H18F3N5O. The molecule has 0 saturated heterocycles. The van der Waals surface area contributed by atoms with Gasteiger partial charge in [-0.2, -0.15) is 13.2 Å². The molecule has 5 rings (SSSR count). The number of carbonyl (C=O) groups is 1. The zero-order chi connectivity index (χ0) is 25.3. The van der Waals surface area contributed by atoms with Gasteiger partial charge in [-0.1, -0.05) is 17.9 Å². The van der Waals surface area contributed by atoms with Crippen LogP contribution in [0.5, 0.6) is 0 Å². The average molecular weight is 485 g/mol. The lowest BCUT2D eigenvalue weighted by molar-refractivity contribution is -0.137. The minimum Gasteiger partial charge on any atom is -0.322 e. The van der Waals surface area contributed by atoms with E-state index in [1.807, 2.05) is 13.0 Å². The maximum atomic E-state index is 13.5. The second-order valence-electron chi connectivity index (χ2n) is 8.20. The Labute approximate surface area is 204 Å². The molecule has 2 aromatic carbocycles. The number of hydrogen-bond donors (Lipinski definition) is 1. The number of aryl methyl sites for hydroxylation is 1. The van der Waals surface area contributed by atoms with Gasteiger partial charge in [0.25, 0.3) is 5.91 Å². The molecular weight excluding hydrogens is 467 g/mol. The highest BCUT2D eigenvalue weighted by molar-refractivity contribution is 6.04. The minimum absolute atomic E-state index is 0.0117. The van der Waals surface area contributed by atoms with Gasteiger partial charge in [0, 0.05) is 58.4 Å². The van der Waals surface area contributed by atoms with E-state index in [9.17, 15) is 18.0 Å². The van der Waals surface area contributed by atoms with Gasteiger partial charge in [0.05, 0.1) is 24.1 Å². The first-order chi connectivity index (χ1) is 17.3. The predicted octanol–water partition coefficient (Wildman–Crippen LogP) is 5.18. The molecule has 0 atom stereocenters. The Morgan fingerprint density at radius 2 is 1.97 bits per heavy atom. The first-order valence-corrected chi connectivity index (χ1v) is 10.9. The second-order valence-corrected chi connectivity index (χ2v) is 8.20. The molecule has 1 aliphatic heterocycles. The number of nitrogens with one attached hydrogen (secondary N) is 1. The molecule has 4 aromatic rings. The molecule has 36 heavy (non-hydrogen) atoms. The zero-order valence-electron chi connectivity index (χ0n) is 19.0. The zero-order valence-corrected chi connectivity index (χ0v) is 19.0. The van der Waals surface area contributed by atoms with Crippen molar-refractivity contribution >= 4 is 17.8 Å². The Kier molecular flexibility index (Phi) is 5.86. The van der Waals surface area contributed by atoms with Crippen molar-refractivity contribution in [3.05, 3.63) is 106 Å². The van der Waals surface area contributed by atoms with Gasteiger partial charge in [0.15, 0.2) is 0 Å². The summed E-state index contributed by atoms with van der Waals surface area (Å²) in [6, 6.07) is 10.2. The van der Waals surface area contributed by atoms with E-state index in [1.54, 1.807) is 30.6 Å². The van der Waals surface area contributed by atoms with Crippen molar-refractivity contribution in [2.45, 2.75) is 19.6 Å². The third kappa shape index (κ3) is 4.88. The Balaban J connectivity index is 1.42. The maximum absolute atomic E-state index is 13.5. The lowest BCUT2D eigenvalue weighted by atomic mass is 10.0. The van der Waals surface area contributed by atoms with E-state index >= 15 is 0 Å². The molecule has 0 saturated carbocycles. The largest absolute Gasteiger partial charge is 0.416 e. The molecule has 9 heteroatoms. The Hall–Kier alpha value is -4.71. The van der Waals surface area contributed by atoms with Crippen LogP contribution in [0.15, 0.2) is 72.4 Å². The normalized spacial score (nSPS) is 12.1. The highest BCUT2D eigenvalue weighted by atomic mass is 19.4. The summed E-state index contributed by atoms with van der Waals surface area (Å²) in [5.74, 6) is 5.57. The Morgan fingerprint density at radius 3 is 2.75 bits per heavy atom. The van der Waals surface area contributed by atoms with Gasteiger partial charge in [-0.05, 0) is 48.9 Å². The predicted molar refractivity (Wildman–Crippen MR) is 129 cm³/mol. The van der Waals surface area contributed by atoms with E-state index < -0.39 is 17.6 Å². The molecule has 0 radical (unpaired) electrons. The lowest BCUT2D eigenvalue weighted by Crippen LogP contribution is -2.14. The SMILES string of the molecule is Cc1ccc(C(=O)Nc2cc(-n3ccnc3)cc(C(F)(F)F)c2)cc1C#Cc1cnc2c(c1)C=NC2. The van der Waals surface area contributed by atoms with E-state index in [4.69, 9.17) is 0 Å². The number of amides is 1. The fraction of sp³-hybridized carbons (Fsp3) is 0.111. The molecule has 1 aliphatic rings. The maximum Gasteiger partial charge on any atom is 0.416 e. The molecule has 1 amide bonds. The van der Waals surface area contributed by atoms with Crippen molar-refractivity contribution in [2.24, 2.45) is 4.99 Å². The summed E-state index contributed by atoms with van der Waals surface area (Å²) in [5, 5.41) is 2.58. The van der Waals surface area contributed by atoms with E-state index in [2.05, 4.69) is 32.1 Å². The van der Waals surface area contributed by atoms with Crippen molar-refractivity contribution in [3.63, 3.8) is 0 Å². The van der Waals surface area contributed by atoms with E-state index in [-0.39, 0.29) is 16.9 Å². The molecule has 0 unspecified atom stereocenters. The third-order valence-electron chi connectivity index (χ3n) is 5.62. The van der Waals surface area contributed by atoms with E-state index in [0.717, 1.165) is 29.0 Å². The summed E-state index contributed by atoms with van der Waals surface area (Å²) in [5.41, 5.74) is 3.66. The standard InChI is InChI=1S/C27H18F3N5O/c1-17-2-4-20(9-19(17)5-3-18-8-21-14-32-15-25(21)33-13-18)26(36)34-23-10-22(27(28,29)30)11-24(12-23)35-7-6-31-16-35/h2,4,6-14,16H,15H2,1H3,(H,34,36).